The van der Waals surface area contributed by atoms with Gasteiger partial charge in [0.15, 0.2) is 15.0 Å². The van der Waals surface area contributed by atoms with Gasteiger partial charge in [-0.3, -0.25) is 10.1 Å². The molecule has 2 fully saturated rings. The number of fused-ring (bicyclic) bond motifs is 2. The molecule has 10 heteroatoms. The van der Waals surface area contributed by atoms with Crippen molar-refractivity contribution in [3.63, 3.8) is 0 Å². The molecule has 1 aromatic heterocycles. The van der Waals surface area contributed by atoms with E-state index in [4.69, 9.17) is 23.2 Å². The number of amides is 1. The van der Waals surface area contributed by atoms with Crippen LogP contribution in [-0.4, -0.2) is 35.3 Å². The lowest BCUT2D eigenvalue weighted by Crippen LogP contribution is -2.45. The van der Waals surface area contributed by atoms with Gasteiger partial charge in [-0.25, -0.2) is 13.4 Å². The van der Waals surface area contributed by atoms with Gasteiger partial charge in [0.2, 0.25) is 0 Å². The third-order valence-corrected chi connectivity index (χ3v) is 9.93. The van der Waals surface area contributed by atoms with Crippen LogP contribution in [-0.2, 0) is 9.84 Å². The van der Waals surface area contributed by atoms with Crippen molar-refractivity contribution in [1.29, 1.82) is 0 Å². The molecular formula is C19H20Cl2N2O4S2. The molecule has 2 N–H and O–H groups in total. The van der Waals surface area contributed by atoms with Gasteiger partial charge in [-0.15, -0.1) is 0 Å². The van der Waals surface area contributed by atoms with Crippen LogP contribution in [0.2, 0.25) is 9.36 Å². The van der Waals surface area contributed by atoms with E-state index in [1.807, 2.05) is 0 Å². The monoisotopic (exact) mass is 474 g/mol. The molecule has 1 aromatic carbocycles. The van der Waals surface area contributed by atoms with Crippen molar-refractivity contribution in [2.45, 2.75) is 48.4 Å². The van der Waals surface area contributed by atoms with Crippen LogP contribution >= 0.6 is 34.5 Å². The number of carbonyl (C=O) groups excluding carboxylic acids is 1. The molecule has 2 saturated carbocycles. The van der Waals surface area contributed by atoms with Gasteiger partial charge in [-0.05, 0) is 62.6 Å². The summed E-state index contributed by atoms with van der Waals surface area (Å²) in [6.45, 7) is 1.81. The fourth-order valence-corrected chi connectivity index (χ4v) is 7.75. The maximum Gasteiger partial charge on any atom is 0.257 e. The van der Waals surface area contributed by atoms with Crippen LogP contribution in [0.15, 0.2) is 29.3 Å². The highest BCUT2D eigenvalue weighted by Crippen LogP contribution is 2.51. The maximum atomic E-state index is 13.3. The van der Waals surface area contributed by atoms with Gasteiger partial charge in [0.1, 0.15) is 4.34 Å². The van der Waals surface area contributed by atoms with E-state index in [2.05, 4.69) is 10.3 Å². The SMILES string of the molecule is CC1(O)C2CC[C@H]1CC(S(=O)(=O)c1cc(C(=O)Nc3ncc(Cl)s3)ccc1Cl)C2. The molecule has 0 spiro atoms. The van der Waals surface area contributed by atoms with E-state index in [1.165, 1.54) is 24.4 Å². The number of halogens is 2. The minimum Gasteiger partial charge on any atom is -0.390 e. The summed E-state index contributed by atoms with van der Waals surface area (Å²) < 4.78 is 27.1. The highest BCUT2D eigenvalue weighted by molar-refractivity contribution is 7.92. The van der Waals surface area contributed by atoms with E-state index in [-0.39, 0.29) is 27.3 Å². The number of hydrogen-bond acceptors (Lipinski definition) is 6. The van der Waals surface area contributed by atoms with Gasteiger partial charge in [-0.1, -0.05) is 34.5 Å². The average Bonchev–Trinajstić information content (AvgIpc) is 3.07. The Balaban J connectivity index is 1.61. The van der Waals surface area contributed by atoms with Crippen molar-refractivity contribution in [2.24, 2.45) is 11.8 Å². The zero-order valence-corrected chi connectivity index (χ0v) is 18.7. The summed E-state index contributed by atoms with van der Waals surface area (Å²) in [5.74, 6) is -0.572. The van der Waals surface area contributed by atoms with Gasteiger partial charge in [0, 0.05) is 5.56 Å². The molecule has 4 rings (SSSR count). The summed E-state index contributed by atoms with van der Waals surface area (Å²) in [7, 11) is -3.75. The third-order valence-electron chi connectivity index (χ3n) is 6.25. The van der Waals surface area contributed by atoms with Crippen molar-refractivity contribution < 1.29 is 18.3 Å². The lowest BCUT2D eigenvalue weighted by molar-refractivity contribution is -0.0413. The Bertz CT molecular complexity index is 1050. The molecular weight excluding hydrogens is 455 g/mol. The highest BCUT2D eigenvalue weighted by atomic mass is 35.5. The second-order valence-corrected chi connectivity index (χ2v) is 12.2. The number of aliphatic hydroxyl groups is 1. The number of aromatic nitrogens is 1. The molecule has 3 unspecified atom stereocenters. The van der Waals surface area contributed by atoms with Crippen molar-refractivity contribution in [2.75, 3.05) is 5.32 Å². The summed E-state index contributed by atoms with van der Waals surface area (Å²) in [5, 5.41) is 13.1. The van der Waals surface area contributed by atoms with Gasteiger partial charge >= 0.3 is 0 Å². The standard InChI is InChI=1S/C19H20Cl2N2O4S2/c1-19(25)11-3-4-12(19)8-13(7-11)29(26,27)15-6-10(2-5-14(15)20)17(24)23-18-22-9-16(21)28-18/h2,5-6,9,11-13,25H,3-4,7-8H2,1H3,(H,22,23,24)/t11-,12?,13?,19?/m0/s1. The third kappa shape index (κ3) is 3.81. The minimum atomic E-state index is -3.75. The smallest absolute Gasteiger partial charge is 0.257 e. The molecule has 2 bridgehead atoms. The van der Waals surface area contributed by atoms with Crippen LogP contribution in [0.4, 0.5) is 5.13 Å². The van der Waals surface area contributed by atoms with Crippen LogP contribution in [0.1, 0.15) is 43.0 Å². The molecule has 156 valence electrons. The number of carbonyl (C=O) groups is 1. The van der Waals surface area contributed by atoms with Gasteiger partial charge in [-0.2, -0.15) is 0 Å². The van der Waals surface area contributed by atoms with Gasteiger partial charge < -0.3 is 5.11 Å². The Labute approximate surface area is 183 Å². The number of rotatable bonds is 4. The molecule has 0 aliphatic heterocycles. The first-order valence-corrected chi connectivity index (χ1v) is 12.4. The Hall–Kier alpha value is -1.19. The normalized spacial score (nSPS) is 29.0. The molecule has 29 heavy (non-hydrogen) atoms. The Morgan fingerprint density at radius 1 is 1.28 bits per heavy atom. The van der Waals surface area contributed by atoms with Crippen LogP contribution < -0.4 is 5.32 Å². The molecule has 0 radical (unpaired) electrons. The number of nitrogens with one attached hydrogen (secondary N) is 1. The van der Waals surface area contributed by atoms with Crippen molar-refractivity contribution in [3.05, 3.63) is 39.3 Å². The Morgan fingerprint density at radius 3 is 2.52 bits per heavy atom. The van der Waals surface area contributed by atoms with Crippen LogP contribution in [0.3, 0.4) is 0 Å². The fraction of sp³-hybridized carbons (Fsp3) is 0.474. The van der Waals surface area contributed by atoms with Crippen molar-refractivity contribution in [1.82, 2.24) is 4.98 Å². The van der Waals surface area contributed by atoms with Gasteiger partial charge in [0.05, 0.1) is 27.0 Å². The number of nitrogens with zero attached hydrogens (tertiary/aromatic N) is 1. The zero-order chi connectivity index (χ0) is 21.0. The molecule has 1 heterocycles. The number of sulfone groups is 1. The molecule has 2 aliphatic carbocycles. The first-order valence-electron chi connectivity index (χ1n) is 9.27. The molecule has 1 amide bonds. The fourth-order valence-electron chi connectivity index (χ4n) is 4.54. The number of hydrogen-bond donors (Lipinski definition) is 2. The van der Waals surface area contributed by atoms with Crippen LogP contribution in [0.25, 0.3) is 0 Å². The number of benzene rings is 1. The zero-order valence-electron chi connectivity index (χ0n) is 15.6. The van der Waals surface area contributed by atoms with E-state index in [0.717, 1.165) is 24.2 Å². The van der Waals surface area contributed by atoms with Crippen molar-refractivity contribution in [3.8, 4) is 0 Å². The summed E-state index contributed by atoms with van der Waals surface area (Å²) in [6.07, 6.45) is 3.88. The largest absolute Gasteiger partial charge is 0.390 e. The van der Waals surface area contributed by atoms with E-state index < -0.39 is 26.6 Å². The molecule has 6 nitrogen and oxygen atoms in total. The molecule has 4 atom stereocenters. The van der Waals surface area contributed by atoms with E-state index in [1.54, 1.807) is 6.92 Å². The van der Waals surface area contributed by atoms with E-state index in [9.17, 15) is 18.3 Å². The topological polar surface area (TPSA) is 96.4 Å². The van der Waals surface area contributed by atoms with E-state index >= 15 is 0 Å². The first-order chi connectivity index (χ1) is 13.6. The summed E-state index contributed by atoms with van der Waals surface area (Å²) in [5.41, 5.74) is -0.642. The van der Waals surface area contributed by atoms with Crippen molar-refractivity contribution >= 4 is 55.4 Å². The first kappa shape index (κ1) is 21.1. The predicted molar refractivity (Wildman–Crippen MR) is 114 cm³/mol. The Kier molecular flexibility index (Phi) is 5.44. The van der Waals surface area contributed by atoms with E-state index in [0.29, 0.717) is 22.3 Å². The van der Waals surface area contributed by atoms with Gasteiger partial charge in [0.25, 0.3) is 5.91 Å². The van der Waals surface area contributed by atoms with Crippen LogP contribution in [0.5, 0.6) is 0 Å². The minimum absolute atomic E-state index is 0.0408. The Morgan fingerprint density at radius 2 is 1.93 bits per heavy atom. The lowest BCUT2D eigenvalue weighted by Gasteiger charge is -2.40. The maximum absolute atomic E-state index is 13.3. The van der Waals surface area contributed by atoms with Crippen LogP contribution in [0, 0.1) is 11.8 Å². The quantitative estimate of drug-likeness (QED) is 0.683. The molecule has 2 aliphatic rings. The highest BCUT2D eigenvalue weighted by Gasteiger charge is 2.53. The molecule has 0 saturated heterocycles. The number of thiazole rings is 1. The average molecular weight is 475 g/mol. The second-order valence-electron chi connectivity index (χ2n) is 7.90. The second kappa shape index (κ2) is 7.50. The molecule has 2 aromatic rings. The predicted octanol–water partition coefficient (Wildman–Crippen LogP) is 4.42. The number of anilines is 1. The summed E-state index contributed by atoms with van der Waals surface area (Å²) in [4.78, 5) is 16.5. The summed E-state index contributed by atoms with van der Waals surface area (Å²) in [6, 6.07) is 4.21. The summed E-state index contributed by atoms with van der Waals surface area (Å²) >= 11 is 13.2. The lowest BCUT2D eigenvalue weighted by atomic mass is 9.76.